The fourth-order valence-corrected chi connectivity index (χ4v) is 4.74. The Kier molecular flexibility index (Phi) is 9.27. The number of carbonyl (C=O) groups is 1. The fourth-order valence-electron chi connectivity index (χ4n) is 3.22. The first kappa shape index (κ1) is 23.2. The van der Waals surface area contributed by atoms with Gasteiger partial charge in [-0.15, -0.1) is 22.7 Å². The predicted molar refractivity (Wildman–Crippen MR) is 113 cm³/mol. The van der Waals surface area contributed by atoms with Crippen LogP contribution < -0.4 is 0 Å². The van der Waals surface area contributed by atoms with Crippen molar-refractivity contribution in [2.75, 3.05) is 26.4 Å². The Hall–Kier alpha value is -1.09. The van der Waals surface area contributed by atoms with E-state index in [0.717, 1.165) is 9.75 Å². The van der Waals surface area contributed by atoms with Gasteiger partial charge in [0.1, 0.15) is 0 Å². The van der Waals surface area contributed by atoms with Crippen LogP contribution in [0.25, 0.3) is 0 Å². The van der Waals surface area contributed by atoms with Gasteiger partial charge in [-0.25, -0.2) is 0 Å². The maximum Gasteiger partial charge on any atom is 0.251 e. The third kappa shape index (κ3) is 5.49. The second-order valence-electron chi connectivity index (χ2n) is 6.08. The van der Waals surface area contributed by atoms with Crippen molar-refractivity contribution < 1.29 is 23.7 Å². The zero-order valence-electron chi connectivity index (χ0n) is 17.1. The molecule has 2 aromatic heterocycles. The molecule has 0 aliphatic heterocycles. The first-order valence-electron chi connectivity index (χ1n) is 9.71. The van der Waals surface area contributed by atoms with Crippen LogP contribution >= 0.6 is 22.7 Å². The molecule has 0 bridgehead atoms. The number of thiophene rings is 2. The molecule has 0 radical (unpaired) electrons. The molecule has 0 unspecified atom stereocenters. The summed E-state index contributed by atoms with van der Waals surface area (Å²) in [4.78, 5) is 16.0. The fraction of sp³-hybridized carbons (Fsp3) is 0.571. The minimum atomic E-state index is -1.46. The van der Waals surface area contributed by atoms with Gasteiger partial charge in [0.05, 0.1) is 0 Å². The van der Waals surface area contributed by atoms with E-state index in [1.54, 1.807) is 22.7 Å². The van der Waals surface area contributed by atoms with Crippen LogP contribution in [0.4, 0.5) is 0 Å². The molecule has 0 saturated heterocycles. The summed E-state index contributed by atoms with van der Waals surface area (Å²) in [7, 11) is 0. The van der Waals surface area contributed by atoms with Gasteiger partial charge in [0.2, 0.25) is 11.6 Å². The molecule has 2 heterocycles. The van der Waals surface area contributed by atoms with Crippen molar-refractivity contribution in [2.45, 2.75) is 52.1 Å². The van der Waals surface area contributed by atoms with Crippen molar-refractivity contribution in [3.63, 3.8) is 0 Å². The molecule has 5 nitrogen and oxygen atoms in total. The van der Waals surface area contributed by atoms with Crippen LogP contribution in [0.5, 0.6) is 0 Å². The number of Topliss-reactive ketones (excluding diaryl/α,β-unsaturated/α-hetero) is 1. The molecule has 7 heteroatoms. The van der Waals surface area contributed by atoms with E-state index in [2.05, 4.69) is 0 Å². The molecule has 156 valence electrons. The van der Waals surface area contributed by atoms with E-state index in [1.165, 1.54) is 0 Å². The van der Waals surface area contributed by atoms with Gasteiger partial charge in [0.25, 0.3) is 5.78 Å². The summed E-state index contributed by atoms with van der Waals surface area (Å²) in [6.45, 7) is 8.79. The Labute approximate surface area is 175 Å². The van der Waals surface area contributed by atoms with Gasteiger partial charge in [0.15, 0.2) is 0 Å². The van der Waals surface area contributed by atoms with Crippen LogP contribution in [-0.2, 0) is 36.6 Å². The molecule has 0 aliphatic carbocycles. The van der Waals surface area contributed by atoms with Crippen molar-refractivity contribution >= 4 is 28.5 Å². The predicted octanol–water partition coefficient (Wildman–Crippen LogP) is 4.70. The van der Waals surface area contributed by atoms with E-state index in [0.29, 0.717) is 39.3 Å². The largest absolute Gasteiger partial charge is 0.343 e. The number of hydrogen-bond donors (Lipinski definition) is 0. The summed E-state index contributed by atoms with van der Waals surface area (Å²) in [5.41, 5.74) is 0. The van der Waals surface area contributed by atoms with E-state index in [-0.39, 0.29) is 5.78 Å². The summed E-state index contributed by atoms with van der Waals surface area (Å²) in [5, 5.41) is 3.96. The molecule has 0 atom stereocenters. The van der Waals surface area contributed by atoms with Crippen molar-refractivity contribution in [1.82, 2.24) is 0 Å². The SMILES string of the molecule is CCOC(Cc1cccs1)(OCC)C(=O)C(Cc1cccs1)(OCC)OCC. The lowest BCUT2D eigenvalue weighted by molar-refractivity contribution is -0.275. The normalized spacial score (nSPS) is 12.4. The van der Waals surface area contributed by atoms with Crippen LogP contribution in [0.15, 0.2) is 35.0 Å². The van der Waals surface area contributed by atoms with Crippen molar-refractivity contribution in [2.24, 2.45) is 0 Å². The lowest BCUT2D eigenvalue weighted by Crippen LogP contribution is -2.60. The Morgan fingerprint density at radius 2 is 1.11 bits per heavy atom. The lowest BCUT2D eigenvalue weighted by atomic mass is 9.95. The summed E-state index contributed by atoms with van der Waals surface area (Å²) in [5.74, 6) is -3.25. The first-order valence-corrected chi connectivity index (χ1v) is 11.5. The summed E-state index contributed by atoms with van der Waals surface area (Å²) in [6, 6.07) is 7.87. The van der Waals surface area contributed by atoms with Crippen LogP contribution in [0.3, 0.4) is 0 Å². The number of ether oxygens (including phenoxy) is 4. The van der Waals surface area contributed by atoms with Crippen molar-refractivity contribution in [1.29, 1.82) is 0 Å². The van der Waals surface area contributed by atoms with E-state index in [9.17, 15) is 4.79 Å². The molecule has 28 heavy (non-hydrogen) atoms. The molecule has 0 aromatic carbocycles. The van der Waals surface area contributed by atoms with Crippen molar-refractivity contribution in [3.8, 4) is 0 Å². The second kappa shape index (κ2) is 11.2. The van der Waals surface area contributed by atoms with E-state index in [4.69, 9.17) is 18.9 Å². The van der Waals surface area contributed by atoms with Gasteiger partial charge in [-0.2, -0.15) is 0 Å². The molecule has 0 amide bonds. The lowest BCUT2D eigenvalue weighted by Gasteiger charge is -2.40. The van der Waals surface area contributed by atoms with Gasteiger partial charge in [-0.3, -0.25) is 4.79 Å². The minimum Gasteiger partial charge on any atom is -0.343 e. The van der Waals surface area contributed by atoms with Gasteiger partial charge in [0, 0.05) is 49.0 Å². The topological polar surface area (TPSA) is 54.0 Å². The van der Waals surface area contributed by atoms with Crippen LogP contribution in [0.2, 0.25) is 0 Å². The average molecular weight is 427 g/mol. The molecule has 2 aromatic rings. The van der Waals surface area contributed by atoms with Gasteiger partial charge in [-0.05, 0) is 50.6 Å². The minimum absolute atomic E-state index is 0.317. The third-order valence-corrected chi connectivity index (χ3v) is 5.93. The Morgan fingerprint density at radius 1 is 0.750 bits per heavy atom. The highest BCUT2D eigenvalue weighted by molar-refractivity contribution is 7.10. The molecule has 0 N–H and O–H groups in total. The van der Waals surface area contributed by atoms with E-state index in [1.807, 2.05) is 62.7 Å². The summed E-state index contributed by atoms with van der Waals surface area (Å²) >= 11 is 3.14. The smallest absolute Gasteiger partial charge is 0.251 e. The Bertz CT molecular complexity index is 611. The van der Waals surface area contributed by atoms with Crippen LogP contribution in [0, 0.1) is 0 Å². The number of rotatable bonds is 14. The average Bonchev–Trinajstić information content (AvgIpc) is 3.36. The Balaban J connectivity index is 2.49. The summed E-state index contributed by atoms with van der Waals surface area (Å²) < 4.78 is 24.0. The highest BCUT2D eigenvalue weighted by Crippen LogP contribution is 2.34. The number of hydrogen-bond acceptors (Lipinski definition) is 7. The zero-order valence-corrected chi connectivity index (χ0v) is 18.7. The molecule has 0 fully saturated rings. The second-order valence-corrected chi connectivity index (χ2v) is 8.14. The van der Waals surface area contributed by atoms with E-state index >= 15 is 0 Å². The quantitative estimate of drug-likeness (QED) is 0.410. The maximum absolute atomic E-state index is 14.0. The van der Waals surface area contributed by atoms with Gasteiger partial charge in [-0.1, -0.05) is 12.1 Å². The van der Waals surface area contributed by atoms with Crippen molar-refractivity contribution in [3.05, 3.63) is 44.8 Å². The molecular formula is C21H30O5S2. The summed E-state index contributed by atoms with van der Waals surface area (Å²) in [6.07, 6.45) is 0.634. The maximum atomic E-state index is 14.0. The number of ketones is 1. The van der Waals surface area contributed by atoms with Crippen LogP contribution in [-0.4, -0.2) is 43.8 Å². The van der Waals surface area contributed by atoms with Gasteiger partial charge < -0.3 is 18.9 Å². The molecule has 0 saturated carbocycles. The molecular weight excluding hydrogens is 396 g/mol. The highest BCUT2D eigenvalue weighted by Gasteiger charge is 2.54. The Morgan fingerprint density at radius 3 is 1.36 bits per heavy atom. The third-order valence-electron chi connectivity index (χ3n) is 4.18. The molecule has 0 aliphatic rings. The number of carbonyl (C=O) groups excluding carboxylic acids is 1. The highest BCUT2D eigenvalue weighted by atomic mass is 32.1. The van der Waals surface area contributed by atoms with E-state index < -0.39 is 11.6 Å². The van der Waals surface area contributed by atoms with Crippen LogP contribution in [0.1, 0.15) is 37.4 Å². The standard InChI is InChI=1S/C21H30O5S2/c1-5-23-20(24-6-2,15-17-11-9-13-27-17)19(22)21(25-7-3,26-8-4)16-18-12-10-14-28-18/h9-14H,5-8,15-16H2,1-4H3. The monoisotopic (exact) mass is 426 g/mol. The zero-order chi connectivity index (χ0) is 20.5. The molecule has 2 rings (SSSR count). The van der Waals surface area contributed by atoms with Gasteiger partial charge >= 0.3 is 0 Å². The first-order chi connectivity index (χ1) is 13.6. The molecule has 0 spiro atoms.